The summed E-state index contributed by atoms with van der Waals surface area (Å²) in [4.78, 5) is 14.1. The fourth-order valence-corrected chi connectivity index (χ4v) is 2.13. The maximum absolute atomic E-state index is 10.9. The fourth-order valence-electron chi connectivity index (χ4n) is 2.13. The van der Waals surface area contributed by atoms with E-state index in [0.717, 1.165) is 0 Å². The number of hydrogen-bond donors (Lipinski definition) is 2. The maximum atomic E-state index is 10.9. The normalized spacial score (nSPS) is 12.2. The molecule has 2 rings (SSSR count). The van der Waals surface area contributed by atoms with Crippen LogP contribution in [0.2, 0.25) is 0 Å². The van der Waals surface area contributed by atoms with Crippen molar-refractivity contribution in [3.8, 4) is 5.75 Å². The number of nitrogens with zero attached hydrogens (tertiary/aromatic N) is 3. The molecule has 1 heterocycles. The van der Waals surface area contributed by atoms with Crippen molar-refractivity contribution in [3.05, 3.63) is 46.3 Å². The van der Waals surface area contributed by atoms with E-state index in [-0.39, 0.29) is 24.3 Å². The van der Waals surface area contributed by atoms with Gasteiger partial charge in [0.2, 0.25) is 12.1 Å². The number of benzene rings is 1. The van der Waals surface area contributed by atoms with Crippen LogP contribution in [0.4, 0.5) is 11.6 Å². The molecule has 1 aromatic carbocycles. The average molecular weight is 320 g/mol. The third-order valence-electron chi connectivity index (χ3n) is 3.17. The van der Waals surface area contributed by atoms with Gasteiger partial charge in [-0.25, -0.2) is 0 Å². The van der Waals surface area contributed by atoms with Crippen LogP contribution in [0, 0.1) is 10.1 Å². The molecule has 0 spiro atoms. The molecule has 8 nitrogen and oxygen atoms in total. The molecule has 1 atom stereocenters. The van der Waals surface area contributed by atoms with Crippen molar-refractivity contribution in [1.29, 1.82) is 0 Å². The van der Waals surface area contributed by atoms with Crippen molar-refractivity contribution in [1.82, 2.24) is 9.55 Å². The van der Waals surface area contributed by atoms with Crippen LogP contribution < -0.4 is 10.1 Å². The highest BCUT2D eigenvalue weighted by atomic mass is 16.6. The molecule has 0 aliphatic rings. The zero-order valence-electron chi connectivity index (χ0n) is 13.3. The average Bonchev–Trinajstić information content (AvgIpc) is 2.85. The molecule has 0 radical (unpaired) electrons. The summed E-state index contributed by atoms with van der Waals surface area (Å²) >= 11 is 0. The molecular formula is C15H20N4O4. The molecule has 2 N–H and O–H groups in total. The van der Waals surface area contributed by atoms with Crippen LogP contribution in [0.5, 0.6) is 5.75 Å². The van der Waals surface area contributed by atoms with Crippen molar-refractivity contribution in [3.63, 3.8) is 0 Å². The van der Waals surface area contributed by atoms with E-state index in [1.54, 1.807) is 25.2 Å². The van der Waals surface area contributed by atoms with Gasteiger partial charge < -0.3 is 25.3 Å². The Hall–Kier alpha value is -2.61. The highest BCUT2D eigenvalue weighted by molar-refractivity contribution is 5.52. The first kappa shape index (κ1) is 16.8. The number of rotatable bonds is 7. The molecule has 0 amide bonds. The summed E-state index contributed by atoms with van der Waals surface area (Å²) in [6.45, 7) is 3.96. The van der Waals surface area contributed by atoms with Crippen LogP contribution in [-0.2, 0) is 7.05 Å². The second-order valence-corrected chi connectivity index (χ2v) is 5.42. The first-order valence-corrected chi connectivity index (χ1v) is 7.22. The Morgan fingerprint density at radius 2 is 2.22 bits per heavy atom. The highest BCUT2D eigenvalue weighted by Gasteiger charge is 2.20. The lowest BCUT2D eigenvalue weighted by Crippen LogP contribution is -2.15. The lowest BCUT2D eigenvalue weighted by Gasteiger charge is -2.15. The zero-order chi connectivity index (χ0) is 17.0. The zero-order valence-corrected chi connectivity index (χ0v) is 13.3. The van der Waals surface area contributed by atoms with Crippen molar-refractivity contribution < 1.29 is 14.8 Å². The van der Waals surface area contributed by atoms with E-state index in [2.05, 4.69) is 10.3 Å². The molecular weight excluding hydrogens is 300 g/mol. The van der Waals surface area contributed by atoms with Crippen LogP contribution in [-0.4, -0.2) is 32.2 Å². The summed E-state index contributed by atoms with van der Waals surface area (Å²) in [5, 5.41) is 24.1. The van der Waals surface area contributed by atoms with Crippen molar-refractivity contribution >= 4 is 11.6 Å². The van der Waals surface area contributed by atoms with Gasteiger partial charge in [-0.05, 0) is 41.5 Å². The van der Waals surface area contributed by atoms with Crippen LogP contribution in [0.15, 0.2) is 30.6 Å². The van der Waals surface area contributed by atoms with E-state index < -0.39 is 11.0 Å². The van der Waals surface area contributed by atoms with E-state index in [0.29, 0.717) is 11.3 Å². The van der Waals surface area contributed by atoms with Crippen molar-refractivity contribution in [2.45, 2.75) is 26.1 Å². The van der Waals surface area contributed by atoms with Crippen LogP contribution in [0.1, 0.15) is 25.5 Å². The first-order valence-electron chi connectivity index (χ1n) is 7.22. The lowest BCUT2D eigenvalue weighted by molar-refractivity contribution is -0.388. The second kappa shape index (κ2) is 7.10. The van der Waals surface area contributed by atoms with Gasteiger partial charge in [0.1, 0.15) is 5.75 Å². The summed E-state index contributed by atoms with van der Waals surface area (Å²) in [5.41, 5.74) is 0.667. The molecule has 8 heteroatoms. The third-order valence-corrected chi connectivity index (χ3v) is 3.17. The molecule has 1 unspecified atom stereocenters. The number of anilines is 1. The summed E-state index contributed by atoms with van der Waals surface area (Å²) in [7, 11) is 1.64. The summed E-state index contributed by atoms with van der Waals surface area (Å²) in [5.74, 6) is 0.656. The third kappa shape index (κ3) is 4.19. The van der Waals surface area contributed by atoms with E-state index in [1.807, 2.05) is 19.9 Å². The number of aliphatic hydroxyl groups is 1. The minimum atomic E-state index is -0.833. The number of aliphatic hydroxyl groups excluding tert-OH is 1. The van der Waals surface area contributed by atoms with Gasteiger partial charge in [-0.15, -0.1) is 0 Å². The van der Waals surface area contributed by atoms with Gasteiger partial charge >= 0.3 is 5.82 Å². The fraction of sp³-hybridized carbons (Fsp3) is 0.400. The van der Waals surface area contributed by atoms with Gasteiger partial charge in [0.15, 0.2) is 0 Å². The Balaban J connectivity index is 2.07. The Labute approximate surface area is 133 Å². The van der Waals surface area contributed by atoms with Gasteiger partial charge in [0.05, 0.1) is 12.2 Å². The van der Waals surface area contributed by atoms with Crippen LogP contribution >= 0.6 is 0 Å². The van der Waals surface area contributed by atoms with E-state index >= 15 is 0 Å². The molecule has 23 heavy (non-hydrogen) atoms. The van der Waals surface area contributed by atoms with Gasteiger partial charge in [0.25, 0.3) is 0 Å². The van der Waals surface area contributed by atoms with Gasteiger partial charge in [-0.3, -0.25) is 4.57 Å². The highest BCUT2D eigenvalue weighted by Crippen LogP contribution is 2.24. The molecule has 0 aliphatic carbocycles. The Morgan fingerprint density at radius 3 is 2.87 bits per heavy atom. The summed E-state index contributed by atoms with van der Waals surface area (Å²) in [6, 6.07) is 7.14. The minimum Gasteiger partial charge on any atom is -0.491 e. The second-order valence-electron chi connectivity index (χ2n) is 5.42. The predicted octanol–water partition coefficient (Wildman–Crippen LogP) is 2.26. The molecule has 0 saturated heterocycles. The van der Waals surface area contributed by atoms with Crippen LogP contribution in [0.3, 0.4) is 0 Å². The van der Waals surface area contributed by atoms with E-state index in [9.17, 15) is 15.2 Å². The molecule has 0 aliphatic heterocycles. The number of hydrogen-bond acceptors (Lipinski definition) is 6. The number of ether oxygens (including phenoxy) is 1. The minimum absolute atomic E-state index is 0.0395. The number of nitro groups is 1. The Morgan fingerprint density at radius 1 is 1.48 bits per heavy atom. The van der Waals surface area contributed by atoms with E-state index in [4.69, 9.17) is 4.74 Å². The SMILES string of the molecule is CC(C)Oc1cccc(C(O)CNc2c([N+](=O)[O-])ncn2C)c1. The number of nitrogens with one attached hydrogen (secondary N) is 1. The lowest BCUT2D eigenvalue weighted by atomic mass is 10.1. The topological polar surface area (TPSA) is 102 Å². The molecule has 0 fully saturated rings. The molecule has 0 bridgehead atoms. The largest absolute Gasteiger partial charge is 0.491 e. The summed E-state index contributed by atoms with van der Waals surface area (Å²) < 4.78 is 7.09. The monoisotopic (exact) mass is 320 g/mol. The number of imidazole rings is 1. The van der Waals surface area contributed by atoms with Gasteiger partial charge in [-0.2, -0.15) is 0 Å². The number of aryl methyl sites for hydroxylation is 1. The smallest absolute Gasteiger partial charge is 0.406 e. The standard InChI is InChI=1S/C15H20N4O4/c1-10(2)23-12-6-4-5-11(7-12)13(20)8-16-14-15(19(21)22)17-9-18(14)3/h4-7,9-10,13,16,20H,8H2,1-3H3. The summed E-state index contributed by atoms with van der Waals surface area (Å²) in [6.07, 6.45) is 0.557. The van der Waals surface area contributed by atoms with Crippen molar-refractivity contribution in [2.24, 2.45) is 7.05 Å². The van der Waals surface area contributed by atoms with Gasteiger partial charge in [0, 0.05) is 13.6 Å². The van der Waals surface area contributed by atoms with Crippen LogP contribution in [0.25, 0.3) is 0 Å². The quantitative estimate of drug-likeness (QED) is 0.599. The Kier molecular flexibility index (Phi) is 5.17. The van der Waals surface area contributed by atoms with E-state index in [1.165, 1.54) is 10.9 Å². The van der Waals surface area contributed by atoms with Gasteiger partial charge in [-0.1, -0.05) is 12.1 Å². The molecule has 124 valence electrons. The number of aromatic nitrogens is 2. The first-order chi connectivity index (χ1) is 10.9. The predicted molar refractivity (Wildman–Crippen MR) is 85.5 cm³/mol. The molecule has 0 saturated carbocycles. The van der Waals surface area contributed by atoms with Crippen molar-refractivity contribution in [2.75, 3.05) is 11.9 Å². The molecule has 2 aromatic rings. The Bertz CT molecular complexity index is 684. The molecule has 1 aromatic heterocycles. The maximum Gasteiger partial charge on any atom is 0.406 e.